The fraction of sp³-hybridized carbons (Fsp3) is 0.538. The lowest BCUT2D eigenvalue weighted by molar-refractivity contribution is 0.0173. The number of nitrogens with one attached hydrogen (secondary N) is 1. The minimum Gasteiger partial charge on any atom is -0.478 e. The molecular weight excluding hydrogens is 250 g/mol. The minimum absolute atomic E-state index is 0.0267. The van der Waals surface area contributed by atoms with E-state index in [1.54, 1.807) is 7.11 Å². The highest BCUT2D eigenvalue weighted by Crippen LogP contribution is 2.21. The molecular formula is C13H19NO5. The Labute approximate surface area is 111 Å². The van der Waals surface area contributed by atoms with Crippen LogP contribution in [0.5, 0.6) is 0 Å². The third-order valence-electron chi connectivity index (χ3n) is 2.77. The van der Waals surface area contributed by atoms with Crippen LogP contribution < -0.4 is 5.32 Å². The zero-order valence-electron chi connectivity index (χ0n) is 11.5. The average Bonchev–Trinajstić information content (AvgIpc) is 2.77. The number of hydrogen-bond donors (Lipinski definition) is 2. The third kappa shape index (κ3) is 4.10. The number of hydrogen-bond acceptors (Lipinski definition) is 4. The van der Waals surface area contributed by atoms with Crippen LogP contribution >= 0.6 is 0 Å². The predicted molar refractivity (Wildman–Crippen MR) is 68.3 cm³/mol. The third-order valence-corrected chi connectivity index (χ3v) is 2.77. The Bertz CT molecular complexity index is 458. The highest BCUT2D eigenvalue weighted by molar-refractivity contribution is 5.95. The summed E-state index contributed by atoms with van der Waals surface area (Å²) in [6.45, 7) is 6.33. The number of ether oxygens (including phenoxy) is 1. The number of furan rings is 1. The van der Waals surface area contributed by atoms with Crippen molar-refractivity contribution in [3.63, 3.8) is 0 Å². The number of carboxylic acids is 1. The molecule has 1 rings (SSSR count). The zero-order chi connectivity index (χ0) is 14.6. The van der Waals surface area contributed by atoms with E-state index in [1.807, 2.05) is 20.8 Å². The normalized spacial score (nSPS) is 13.1. The van der Waals surface area contributed by atoms with Crippen LogP contribution in [0.2, 0.25) is 0 Å². The maximum atomic E-state index is 11.8. The van der Waals surface area contributed by atoms with E-state index in [0.29, 0.717) is 6.54 Å². The van der Waals surface area contributed by atoms with Crippen molar-refractivity contribution >= 4 is 11.9 Å². The second kappa shape index (κ2) is 5.88. The van der Waals surface area contributed by atoms with Gasteiger partial charge in [0.25, 0.3) is 5.91 Å². The van der Waals surface area contributed by atoms with Gasteiger partial charge in [0.05, 0.1) is 11.7 Å². The molecule has 0 spiro atoms. The number of carbonyl (C=O) groups excluding carboxylic acids is 1. The van der Waals surface area contributed by atoms with Gasteiger partial charge in [-0.1, -0.05) is 20.8 Å². The monoisotopic (exact) mass is 269 g/mol. The fourth-order valence-corrected chi connectivity index (χ4v) is 1.58. The van der Waals surface area contributed by atoms with E-state index >= 15 is 0 Å². The van der Waals surface area contributed by atoms with Gasteiger partial charge in [-0.05, 0) is 5.41 Å². The lowest BCUT2D eigenvalue weighted by atomic mass is 9.89. The van der Waals surface area contributed by atoms with Crippen molar-refractivity contribution in [2.75, 3.05) is 13.7 Å². The molecule has 0 aliphatic carbocycles. The first-order valence-corrected chi connectivity index (χ1v) is 5.88. The molecule has 0 saturated carbocycles. The molecule has 1 heterocycles. The van der Waals surface area contributed by atoms with Crippen molar-refractivity contribution in [1.82, 2.24) is 5.32 Å². The van der Waals surface area contributed by atoms with Gasteiger partial charge in [-0.3, -0.25) is 4.79 Å². The first kappa shape index (κ1) is 15.2. The quantitative estimate of drug-likeness (QED) is 0.850. The van der Waals surface area contributed by atoms with E-state index in [2.05, 4.69) is 5.32 Å². The Morgan fingerprint density at radius 2 is 2.11 bits per heavy atom. The number of methoxy groups -OCH3 is 1. The Morgan fingerprint density at radius 3 is 2.53 bits per heavy atom. The Balaban J connectivity index is 2.62. The van der Waals surface area contributed by atoms with Crippen molar-refractivity contribution in [1.29, 1.82) is 0 Å². The molecule has 0 aliphatic heterocycles. The summed E-state index contributed by atoms with van der Waals surface area (Å²) in [4.78, 5) is 22.4. The fourth-order valence-electron chi connectivity index (χ4n) is 1.58. The summed E-state index contributed by atoms with van der Waals surface area (Å²) in [6, 6.07) is 1.19. The molecule has 0 aliphatic rings. The molecule has 106 valence electrons. The maximum absolute atomic E-state index is 11.8. The zero-order valence-corrected chi connectivity index (χ0v) is 11.5. The number of aromatic carboxylic acids is 1. The van der Waals surface area contributed by atoms with Crippen molar-refractivity contribution < 1.29 is 23.8 Å². The van der Waals surface area contributed by atoms with Crippen LogP contribution in [0.25, 0.3) is 0 Å². The molecule has 19 heavy (non-hydrogen) atoms. The van der Waals surface area contributed by atoms with Crippen LogP contribution in [0, 0.1) is 5.41 Å². The van der Waals surface area contributed by atoms with Gasteiger partial charge in [0.2, 0.25) is 0 Å². The molecule has 6 heteroatoms. The molecule has 0 radical (unpaired) electrons. The maximum Gasteiger partial charge on any atom is 0.338 e. The lowest BCUT2D eigenvalue weighted by Crippen LogP contribution is -2.40. The molecule has 1 aromatic rings. The van der Waals surface area contributed by atoms with Gasteiger partial charge >= 0.3 is 5.97 Å². The van der Waals surface area contributed by atoms with Crippen molar-refractivity contribution in [2.24, 2.45) is 5.41 Å². The number of carboxylic acid groups (broad SMARTS) is 1. The SMILES string of the molecule is COC(CNC(=O)c1cc(C(=O)O)co1)C(C)(C)C. The first-order valence-electron chi connectivity index (χ1n) is 5.88. The Kier molecular flexibility index (Phi) is 4.72. The van der Waals surface area contributed by atoms with Gasteiger partial charge < -0.3 is 19.6 Å². The van der Waals surface area contributed by atoms with Crippen molar-refractivity contribution in [2.45, 2.75) is 26.9 Å². The molecule has 1 atom stereocenters. The number of carbonyl (C=O) groups is 2. The molecule has 6 nitrogen and oxygen atoms in total. The van der Waals surface area contributed by atoms with E-state index in [0.717, 1.165) is 6.26 Å². The standard InChI is InChI=1S/C13H19NO5/c1-13(2,3)10(18-4)6-14-11(15)9-5-8(7-19-9)12(16)17/h5,7,10H,6H2,1-4H3,(H,14,15)(H,16,17). The van der Waals surface area contributed by atoms with E-state index in [1.165, 1.54) is 6.07 Å². The number of rotatable bonds is 5. The van der Waals surface area contributed by atoms with Gasteiger partial charge in [-0.2, -0.15) is 0 Å². The van der Waals surface area contributed by atoms with Crippen LogP contribution in [-0.2, 0) is 4.74 Å². The van der Waals surface area contributed by atoms with Crippen molar-refractivity contribution in [3.05, 3.63) is 23.7 Å². The molecule has 2 N–H and O–H groups in total. The van der Waals surface area contributed by atoms with Gasteiger partial charge in [0.1, 0.15) is 6.26 Å². The molecule has 1 unspecified atom stereocenters. The van der Waals surface area contributed by atoms with E-state index in [9.17, 15) is 9.59 Å². The topological polar surface area (TPSA) is 88.8 Å². The average molecular weight is 269 g/mol. The second-order valence-corrected chi connectivity index (χ2v) is 5.31. The smallest absolute Gasteiger partial charge is 0.338 e. The predicted octanol–water partition coefficient (Wildman–Crippen LogP) is 1.77. The van der Waals surface area contributed by atoms with Crippen LogP contribution in [0.4, 0.5) is 0 Å². The summed E-state index contributed by atoms with van der Waals surface area (Å²) >= 11 is 0. The van der Waals surface area contributed by atoms with Gasteiger partial charge in [-0.25, -0.2) is 4.79 Å². The first-order chi connectivity index (χ1) is 8.75. The van der Waals surface area contributed by atoms with E-state index < -0.39 is 11.9 Å². The molecule has 1 amide bonds. The summed E-state index contributed by atoms with van der Waals surface area (Å²) in [7, 11) is 1.58. The minimum atomic E-state index is -1.13. The molecule has 1 aromatic heterocycles. The van der Waals surface area contributed by atoms with Crippen LogP contribution in [0.1, 0.15) is 41.7 Å². The molecule has 0 fully saturated rings. The summed E-state index contributed by atoms with van der Waals surface area (Å²) in [6.07, 6.45) is 0.889. The van der Waals surface area contributed by atoms with E-state index in [4.69, 9.17) is 14.3 Å². The summed E-state index contributed by atoms with van der Waals surface area (Å²) in [5, 5.41) is 11.4. The molecule has 0 saturated heterocycles. The van der Waals surface area contributed by atoms with Crippen LogP contribution in [0.3, 0.4) is 0 Å². The summed E-state index contributed by atoms with van der Waals surface area (Å²) in [5.41, 5.74) is -0.165. The second-order valence-electron chi connectivity index (χ2n) is 5.31. The lowest BCUT2D eigenvalue weighted by Gasteiger charge is -2.29. The highest BCUT2D eigenvalue weighted by atomic mass is 16.5. The Morgan fingerprint density at radius 1 is 1.47 bits per heavy atom. The highest BCUT2D eigenvalue weighted by Gasteiger charge is 2.25. The summed E-state index contributed by atoms with van der Waals surface area (Å²) in [5.74, 6) is -1.62. The molecule has 0 aromatic carbocycles. The Hall–Kier alpha value is -1.82. The number of amides is 1. The van der Waals surface area contributed by atoms with Gasteiger partial charge in [0.15, 0.2) is 5.76 Å². The van der Waals surface area contributed by atoms with Gasteiger partial charge in [0, 0.05) is 19.7 Å². The van der Waals surface area contributed by atoms with E-state index in [-0.39, 0.29) is 22.8 Å². The summed E-state index contributed by atoms with van der Waals surface area (Å²) < 4.78 is 10.2. The van der Waals surface area contributed by atoms with Crippen molar-refractivity contribution in [3.8, 4) is 0 Å². The molecule has 0 bridgehead atoms. The van der Waals surface area contributed by atoms with Crippen LogP contribution in [0.15, 0.2) is 16.7 Å². The largest absolute Gasteiger partial charge is 0.478 e. The van der Waals surface area contributed by atoms with Gasteiger partial charge in [-0.15, -0.1) is 0 Å². The van der Waals surface area contributed by atoms with Crippen LogP contribution in [-0.4, -0.2) is 36.7 Å².